The molecule has 0 aromatic rings. The number of hydrogen-bond donors (Lipinski definition) is 15. The molecule has 1 fully saturated rings. The largest absolute Gasteiger partial charge is 0.469 e. The monoisotopic (exact) mass is 924 g/mol. The highest BCUT2D eigenvalue weighted by atomic mass is 31.2. The summed E-state index contributed by atoms with van der Waals surface area (Å²) in [5.41, 5.74) is 21.6. The van der Waals surface area contributed by atoms with Gasteiger partial charge < -0.3 is 89.6 Å². The van der Waals surface area contributed by atoms with Gasteiger partial charge in [0.15, 0.2) is 5.96 Å². The Morgan fingerprint density at radius 1 is 0.810 bits per heavy atom. The number of likely N-dealkylation sites (tertiary alicyclic amines) is 1. The molecular weight excluding hydrogens is 863 g/mol. The van der Waals surface area contributed by atoms with Crippen molar-refractivity contribution >= 4 is 67.3 Å². The number of nitrogens with two attached hydrogens (primary N) is 4. The average molecular weight is 925 g/mol. The lowest BCUT2D eigenvalue weighted by Crippen LogP contribution is -2.63. The van der Waals surface area contributed by atoms with Gasteiger partial charge in [-0.2, -0.15) is 0 Å². The Bertz CT molecular complexity index is 1710. The highest BCUT2D eigenvalue weighted by Crippen LogP contribution is 2.35. The average Bonchev–Trinajstić information content (AvgIpc) is 3.68. The zero-order chi connectivity index (χ0) is 48.4. The quantitative estimate of drug-likeness (QED) is 0.0120. The van der Waals surface area contributed by atoms with Gasteiger partial charge in [0.1, 0.15) is 42.5 Å². The number of rotatable bonds is 27. The van der Waals surface area contributed by atoms with Crippen LogP contribution in [-0.4, -0.2) is 176 Å². The normalized spacial score (nSPS) is 18.1. The van der Waals surface area contributed by atoms with Gasteiger partial charge in [0.25, 0.3) is 0 Å². The van der Waals surface area contributed by atoms with Gasteiger partial charge in [-0.15, -0.1) is 0 Å². The van der Waals surface area contributed by atoms with Crippen molar-refractivity contribution in [1.29, 1.82) is 0 Å². The summed E-state index contributed by atoms with van der Waals surface area (Å²) in [5.74, 6) is -9.39. The minimum absolute atomic E-state index is 0.00148. The van der Waals surface area contributed by atoms with Gasteiger partial charge in [0.2, 0.25) is 47.3 Å². The topological polar surface area (TPSA) is 473 Å². The van der Waals surface area contributed by atoms with Crippen LogP contribution in [0.15, 0.2) is 4.99 Å². The Labute approximate surface area is 361 Å². The number of carbonyl (C=O) groups excluding carboxylic acids is 9. The van der Waals surface area contributed by atoms with Crippen LogP contribution in [-0.2, 0) is 52.2 Å². The summed E-state index contributed by atoms with van der Waals surface area (Å²) in [6, 6.07) is -12.8. The number of nitrogens with one attached hydrogen (secondary N) is 6. The standard InChI is InChI=1S/C34H61N12O16P/c1-15(2)20(12-47)41-28(53)19(11-24(36)51)40-31(56)23-8-6-10-46(23)33(58)26(17(4)50)45-30(55)22(14-62-63(59,60)61)43-32(57)25(16(3)49)44-29(54)21(13-48)42-27(52)18(35)7-5-9-39-34(37)38/h12,15-23,25-26,48-50H,5-11,13-14,35H2,1-4H3,(H2,36,51)(H,40,56)(H,41,53)(H,42,52)(H,43,57)(H,44,54)(H,45,55)(H4,37,38,39)(H2,59,60,61)/t16-,17-,18+,19+,20-,21+,22+,23+,25+,26+/m1/s1. The second kappa shape index (κ2) is 26.3. The van der Waals surface area contributed by atoms with E-state index in [4.69, 9.17) is 22.9 Å². The summed E-state index contributed by atoms with van der Waals surface area (Å²) in [6.07, 6.45) is -3.21. The number of amides is 8. The highest BCUT2D eigenvalue weighted by molar-refractivity contribution is 7.46. The first-order valence-corrected chi connectivity index (χ1v) is 21.1. The number of nitrogens with zero attached hydrogens (tertiary/aromatic N) is 2. The molecule has 28 nitrogen and oxygen atoms in total. The van der Waals surface area contributed by atoms with Gasteiger partial charge in [0.05, 0.1) is 43.9 Å². The molecule has 63 heavy (non-hydrogen) atoms. The van der Waals surface area contributed by atoms with Crippen LogP contribution in [0.2, 0.25) is 0 Å². The van der Waals surface area contributed by atoms with Crippen LogP contribution in [0, 0.1) is 5.92 Å². The smallest absolute Gasteiger partial charge is 0.394 e. The maximum absolute atomic E-state index is 13.9. The number of aldehydes is 1. The summed E-state index contributed by atoms with van der Waals surface area (Å²) in [7, 11) is -5.36. The first-order chi connectivity index (χ1) is 29.2. The number of hydrogen-bond acceptors (Lipinski definition) is 16. The van der Waals surface area contributed by atoms with Crippen LogP contribution in [0.25, 0.3) is 0 Å². The van der Waals surface area contributed by atoms with Crippen LogP contribution < -0.4 is 54.8 Å². The minimum atomic E-state index is -5.36. The van der Waals surface area contributed by atoms with Crippen LogP contribution in [0.4, 0.5) is 0 Å². The first-order valence-electron chi connectivity index (χ1n) is 19.6. The van der Waals surface area contributed by atoms with Crippen LogP contribution in [0.3, 0.4) is 0 Å². The van der Waals surface area contributed by atoms with E-state index in [1.807, 2.05) is 5.32 Å². The molecule has 8 amide bonds. The number of phosphoric ester groups is 1. The third-order valence-electron chi connectivity index (χ3n) is 9.32. The molecule has 1 saturated heterocycles. The van der Waals surface area contributed by atoms with E-state index in [2.05, 4.69) is 36.1 Å². The lowest BCUT2D eigenvalue weighted by molar-refractivity contribution is -0.145. The van der Waals surface area contributed by atoms with Gasteiger partial charge in [-0.1, -0.05) is 13.8 Å². The number of aliphatic imine (C=N–C) groups is 1. The molecule has 1 aliphatic rings. The number of aliphatic hydroxyl groups is 3. The van der Waals surface area contributed by atoms with Crippen LogP contribution >= 0.6 is 7.82 Å². The minimum Gasteiger partial charge on any atom is -0.394 e. The van der Waals surface area contributed by atoms with Gasteiger partial charge in [0, 0.05) is 13.1 Å². The molecule has 0 aromatic heterocycles. The van der Waals surface area contributed by atoms with E-state index >= 15 is 0 Å². The van der Waals surface area contributed by atoms with Crippen molar-refractivity contribution in [3.8, 4) is 0 Å². The van der Waals surface area contributed by atoms with Gasteiger partial charge in [-0.05, 0) is 45.4 Å². The maximum Gasteiger partial charge on any atom is 0.469 e. The fraction of sp³-hybridized carbons (Fsp3) is 0.706. The highest BCUT2D eigenvalue weighted by Gasteiger charge is 2.42. The van der Waals surface area contributed by atoms with E-state index in [1.54, 1.807) is 13.8 Å². The molecule has 1 heterocycles. The number of guanidine groups is 1. The molecule has 358 valence electrons. The molecule has 0 saturated carbocycles. The van der Waals surface area contributed by atoms with E-state index in [1.165, 1.54) is 0 Å². The Balaban J connectivity index is 3.27. The first kappa shape index (κ1) is 55.7. The molecule has 0 bridgehead atoms. The number of aliphatic hydroxyl groups excluding tert-OH is 3. The second-order valence-corrected chi connectivity index (χ2v) is 16.2. The fourth-order valence-corrected chi connectivity index (χ4v) is 6.17. The van der Waals surface area contributed by atoms with Crippen molar-refractivity contribution in [2.75, 3.05) is 26.3 Å². The lowest BCUT2D eigenvalue weighted by Gasteiger charge is -2.32. The molecule has 10 atom stereocenters. The summed E-state index contributed by atoms with van der Waals surface area (Å²) in [5, 5.41) is 44.0. The van der Waals surface area contributed by atoms with E-state index in [-0.39, 0.29) is 50.7 Å². The maximum atomic E-state index is 13.9. The van der Waals surface area contributed by atoms with Crippen molar-refractivity contribution < 1.29 is 77.3 Å². The third-order valence-corrected chi connectivity index (χ3v) is 9.81. The van der Waals surface area contributed by atoms with E-state index in [0.717, 1.165) is 18.7 Å². The zero-order valence-electron chi connectivity index (χ0n) is 35.2. The van der Waals surface area contributed by atoms with Crippen molar-refractivity contribution in [3.63, 3.8) is 0 Å². The van der Waals surface area contributed by atoms with Crippen LogP contribution in [0.5, 0.6) is 0 Å². The van der Waals surface area contributed by atoms with Gasteiger partial charge >= 0.3 is 7.82 Å². The summed E-state index contributed by atoms with van der Waals surface area (Å²) < 4.78 is 16.0. The predicted molar refractivity (Wildman–Crippen MR) is 217 cm³/mol. The molecule has 0 spiro atoms. The van der Waals surface area contributed by atoms with Gasteiger partial charge in [-0.3, -0.25) is 47.9 Å². The van der Waals surface area contributed by atoms with E-state index in [9.17, 15) is 72.8 Å². The van der Waals surface area contributed by atoms with E-state index in [0.29, 0.717) is 6.29 Å². The summed E-state index contributed by atoms with van der Waals surface area (Å²) in [6.45, 7) is 3.05. The molecule has 1 aliphatic heterocycles. The van der Waals surface area contributed by atoms with Crippen molar-refractivity contribution in [3.05, 3.63) is 0 Å². The molecule has 0 aromatic carbocycles. The third kappa shape index (κ3) is 19.3. The van der Waals surface area contributed by atoms with Crippen LogP contribution in [0.1, 0.15) is 59.8 Å². The Kier molecular flexibility index (Phi) is 23.3. The molecule has 0 unspecified atom stereocenters. The zero-order valence-corrected chi connectivity index (χ0v) is 36.1. The number of carbonyl (C=O) groups is 9. The number of primary amides is 1. The SMILES string of the molecule is CC(C)[C@@H](C=O)NC(=O)[C@H](CC(N)=O)NC(=O)[C@@H]1CCCN1C(=O)[C@@H](NC(=O)[C@H](COP(=O)(O)O)NC(=O)[C@@H](NC(=O)[C@H](CO)NC(=O)[C@@H](N)CCCN=C(N)N)[C@@H](C)O)[C@@H](C)O. The molecule has 29 heteroatoms. The molecule has 19 N–H and O–H groups in total. The van der Waals surface area contributed by atoms with Crippen molar-refractivity contribution in [2.24, 2.45) is 33.8 Å². The Morgan fingerprint density at radius 3 is 1.87 bits per heavy atom. The lowest BCUT2D eigenvalue weighted by atomic mass is 10.0. The Morgan fingerprint density at radius 2 is 1.37 bits per heavy atom. The van der Waals surface area contributed by atoms with Crippen molar-refractivity contribution in [2.45, 2.75) is 120 Å². The van der Waals surface area contributed by atoms with Gasteiger partial charge in [-0.25, -0.2) is 4.57 Å². The fourth-order valence-electron chi connectivity index (χ4n) is 5.82. The second-order valence-electron chi connectivity index (χ2n) is 14.9. The molecule has 0 aliphatic carbocycles. The van der Waals surface area contributed by atoms with E-state index < -0.39 is 135 Å². The molecule has 0 radical (unpaired) electrons. The molecule has 1 rings (SSSR count). The number of phosphoric acid groups is 1. The Hall–Kier alpha value is -5.35. The van der Waals surface area contributed by atoms with Crippen molar-refractivity contribution in [1.82, 2.24) is 36.8 Å². The summed E-state index contributed by atoms with van der Waals surface area (Å²) >= 11 is 0. The predicted octanol–water partition coefficient (Wildman–Crippen LogP) is -8.14. The molecular formula is C34H61N12O16P. The summed E-state index contributed by atoms with van der Waals surface area (Å²) in [4.78, 5) is 140.